The van der Waals surface area contributed by atoms with Crippen LogP contribution in [0.3, 0.4) is 0 Å². The predicted molar refractivity (Wildman–Crippen MR) is 158 cm³/mol. The summed E-state index contributed by atoms with van der Waals surface area (Å²) in [6.07, 6.45) is 8.78. The van der Waals surface area contributed by atoms with Gasteiger partial charge in [-0.15, -0.1) is 0 Å². The summed E-state index contributed by atoms with van der Waals surface area (Å²) < 4.78 is 28.9. The number of halogens is 1. The predicted octanol–water partition coefficient (Wildman–Crippen LogP) is 5.79. The van der Waals surface area contributed by atoms with E-state index >= 15 is 0 Å². The average Bonchev–Trinajstić information content (AvgIpc) is 2.88. The van der Waals surface area contributed by atoms with Crippen LogP contribution in [0.4, 0.5) is 5.82 Å². The third-order valence-electron chi connectivity index (χ3n) is 7.95. The van der Waals surface area contributed by atoms with Crippen LogP contribution >= 0.6 is 11.6 Å². The van der Waals surface area contributed by atoms with E-state index in [0.29, 0.717) is 42.4 Å². The molecular formula is C29H45ClN4O3S. The molecule has 212 valence electrons. The Kier molecular flexibility index (Phi) is 11.0. The molecule has 7 nitrogen and oxygen atoms in total. The van der Waals surface area contributed by atoms with E-state index < -0.39 is 9.84 Å². The van der Waals surface area contributed by atoms with Crippen LogP contribution < -0.4 is 10.6 Å². The fraction of sp³-hybridized carbons (Fsp3) is 0.655. The van der Waals surface area contributed by atoms with Crippen molar-refractivity contribution in [3.05, 3.63) is 41.2 Å². The van der Waals surface area contributed by atoms with Crippen molar-refractivity contribution in [3.63, 3.8) is 0 Å². The first-order valence-electron chi connectivity index (χ1n) is 13.5. The Hall–Kier alpha value is -1.74. The fourth-order valence-corrected chi connectivity index (χ4v) is 7.53. The molecule has 2 N–H and O–H groups in total. The zero-order valence-corrected chi connectivity index (χ0v) is 23.9. The van der Waals surface area contributed by atoms with Gasteiger partial charge < -0.3 is 15.4 Å². The molecule has 4 rings (SSSR count). The number of hydrogen-bond donors (Lipinski definition) is 2. The van der Waals surface area contributed by atoms with Crippen molar-refractivity contribution in [2.45, 2.75) is 78.3 Å². The molecule has 1 aliphatic heterocycles. The highest BCUT2D eigenvalue weighted by molar-refractivity contribution is 7.91. The van der Waals surface area contributed by atoms with Crippen LogP contribution in [0.5, 0.6) is 0 Å². The molecule has 0 aromatic carbocycles. The van der Waals surface area contributed by atoms with E-state index in [1.165, 1.54) is 25.7 Å². The molecule has 0 bridgehead atoms. The van der Waals surface area contributed by atoms with Gasteiger partial charge in [0.05, 0.1) is 28.8 Å². The van der Waals surface area contributed by atoms with E-state index in [2.05, 4.69) is 35.5 Å². The summed E-state index contributed by atoms with van der Waals surface area (Å²) >= 11 is 6.57. The van der Waals surface area contributed by atoms with Gasteiger partial charge in [-0.3, -0.25) is 4.98 Å². The van der Waals surface area contributed by atoms with E-state index in [-0.39, 0.29) is 24.3 Å². The second kappa shape index (κ2) is 13.6. The zero-order valence-electron chi connectivity index (χ0n) is 22.3. The molecule has 0 amide bonds. The van der Waals surface area contributed by atoms with E-state index in [1.807, 2.05) is 18.2 Å². The number of sulfone groups is 1. The van der Waals surface area contributed by atoms with Crippen molar-refractivity contribution >= 4 is 27.3 Å². The lowest BCUT2D eigenvalue weighted by atomic mass is 9.83. The van der Waals surface area contributed by atoms with Crippen LogP contribution in [-0.2, 0) is 21.0 Å². The maximum Gasteiger partial charge on any atom is 0.150 e. The topological polar surface area (TPSA) is 93.2 Å². The van der Waals surface area contributed by atoms with Gasteiger partial charge in [-0.2, -0.15) is 0 Å². The van der Waals surface area contributed by atoms with E-state index in [9.17, 15) is 8.42 Å². The Labute approximate surface area is 234 Å². The molecule has 0 spiro atoms. The van der Waals surface area contributed by atoms with E-state index in [0.717, 1.165) is 35.8 Å². The van der Waals surface area contributed by atoms with Crippen molar-refractivity contribution in [2.24, 2.45) is 11.3 Å². The smallest absolute Gasteiger partial charge is 0.150 e. The number of rotatable bonds is 10. The van der Waals surface area contributed by atoms with Crippen molar-refractivity contribution < 1.29 is 13.2 Å². The maximum atomic E-state index is 11.8. The van der Waals surface area contributed by atoms with Gasteiger partial charge in [-0.05, 0) is 81.4 Å². The van der Waals surface area contributed by atoms with Crippen molar-refractivity contribution in [2.75, 3.05) is 37.1 Å². The summed E-state index contributed by atoms with van der Waals surface area (Å²) in [5, 5.41) is 7.72. The molecule has 2 fully saturated rings. The maximum absolute atomic E-state index is 11.8. The summed E-state index contributed by atoms with van der Waals surface area (Å²) in [5.41, 5.74) is 2.71. The van der Waals surface area contributed by atoms with E-state index in [1.54, 1.807) is 13.3 Å². The van der Waals surface area contributed by atoms with Crippen LogP contribution in [0.1, 0.15) is 65.5 Å². The molecule has 1 saturated carbocycles. The van der Waals surface area contributed by atoms with Crippen LogP contribution in [0.25, 0.3) is 11.3 Å². The number of ether oxygens (including phenoxy) is 1. The summed E-state index contributed by atoms with van der Waals surface area (Å²) in [6.45, 7) is 5.76. The Morgan fingerprint density at radius 3 is 2.58 bits per heavy atom. The van der Waals surface area contributed by atoms with Crippen LogP contribution in [-0.4, -0.2) is 62.2 Å². The molecule has 1 atom stereocenters. The minimum absolute atomic E-state index is 0. The third-order valence-corrected chi connectivity index (χ3v) is 9.90. The highest BCUT2D eigenvalue weighted by atomic mass is 35.5. The van der Waals surface area contributed by atoms with Crippen molar-refractivity contribution in [1.82, 2.24) is 15.3 Å². The zero-order chi connectivity index (χ0) is 26.5. The molecule has 2 aromatic rings. The van der Waals surface area contributed by atoms with Crippen LogP contribution in [0, 0.1) is 11.3 Å². The summed E-state index contributed by atoms with van der Waals surface area (Å²) in [4.78, 5) is 9.46. The van der Waals surface area contributed by atoms with Gasteiger partial charge >= 0.3 is 0 Å². The lowest BCUT2D eigenvalue weighted by molar-refractivity contribution is 0.158. The monoisotopic (exact) mass is 564 g/mol. The van der Waals surface area contributed by atoms with Gasteiger partial charge in [0.2, 0.25) is 0 Å². The van der Waals surface area contributed by atoms with Gasteiger partial charge in [-0.1, -0.05) is 32.0 Å². The number of pyridine rings is 2. The Balaban J connectivity index is 0.00000400. The van der Waals surface area contributed by atoms with Gasteiger partial charge in [0.1, 0.15) is 15.7 Å². The first-order chi connectivity index (χ1) is 17.6. The molecule has 0 radical (unpaired) electrons. The average molecular weight is 565 g/mol. The van der Waals surface area contributed by atoms with Crippen LogP contribution in [0.15, 0.2) is 30.5 Å². The van der Waals surface area contributed by atoms with Gasteiger partial charge in [0.25, 0.3) is 0 Å². The quantitative estimate of drug-likeness (QED) is 0.377. The second-order valence-electron chi connectivity index (χ2n) is 11.3. The SMILES string of the molecule is C.COC[C@@H](C)NC1CCC(Cc2cc(-c3cccc(NCC4(C)CCS(=O)(=O)CC4)n3)c(Cl)cn2)CC1. The molecule has 38 heavy (non-hydrogen) atoms. The second-order valence-corrected chi connectivity index (χ2v) is 14.0. The Morgan fingerprint density at radius 2 is 1.89 bits per heavy atom. The number of methoxy groups -OCH3 is 1. The molecule has 9 heteroatoms. The standard InChI is InChI=1S/C28H41ClN4O3S.CH4/c1-20(18-36-3)32-22-9-7-21(8-10-22)15-23-16-24(25(29)17-30-23)26-5-4-6-27(33-26)31-19-28(2)11-13-37(34,35)14-12-28;/h4-6,16-17,20-22,32H,7-15,18-19H2,1-3H3,(H,31,33);1H4/t20-,21?,22?;/m1./s1. The largest absolute Gasteiger partial charge is 0.383 e. The lowest BCUT2D eigenvalue weighted by Crippen LogP contribution is -2.41. The fourth-order valence-electron chi connectivity index (χ4n) is 5.51. The first-order valence-corrected chi connectivity index (χ1v) is 15.7. The molecule has 2 aliphatic rings. The minimum atomic E-state index is -2.88. The van der Waals surface area contributed by atoms with Crippen molar-refractivity contribution in [1.29, 1.82) is 0 Å². The molecule has 1 saturated heterocycles. The summed E-state index contributed by atoms with van der Waals surface area (Å²) in [5.74, 6) is 1.92. The molecule has 2 aromatic heterocycles. The Bertz CT molecular complexity index is 1140. The van der Waals surface area contributed by atoms with Crippen LogP contribution in [0.2, 0.25) is 5.02 Å². The lowest BCUT2D eigenvalue weighted by Gasteiger charge is -2.33. The molecule has 0 unspecified atom stereocenters. The van der Waals surface area contributed by atoms with Gasteiger partial charge in [-0.25, -0.2) is 13.4 Å². The highest BCUT2D eigenvalue weighted by Gasteiger charge is 2.33. The van der Waals surface area contributed by atoms with E-state index in [4.69, 9.17) is 21.3 Å². The Morgan fingerprint density at radius 1 is 1.18 bits per heavy atom. The third kappa shape index (κ3) is 8.63. The number of anilines is 1. The number of hydrogen-bond acceptors (Lipinski definition) is 7. The molecular weight excluding hydrogens is 520 g/mol. The number of nitrogens with zero attached hydrogens (tertiary/aromatic N) is 2. The molecule has 3 heterocycles. The summed E-state index contributed by atoms with van der Waals surface area (Å²) in [7, 11) is -1.13. The highest BCUT2D eigenvalue weighted by Crippen LogP contribution is 2.33. The number of nitrogens with one attached hydrogen (secondary N) is 2. The molecule has 1 aliphatic carbocycles. The summed E-state index contributed by atoms with van der Waals surface area (Å²) in [6, 6.07) is 8.94. The normalized spacial score (nSPS) is 23.3. The minimum Gasteiger partial charge on any atom is -0.383 e. The number of aromatic nitrogens is 2. The first kappa shape index (κ1) is 30.8. The van der Waals surface area contributed by atoms with Gasteiger partial charge in [0.15, 0.2) is 0 Å². The van der Waals surface area contributed by atoms with Crippen molar-refractivity contribution in [3.8, 4) is 11.3 Å². The van der Waals surface area contributed by atoms with Gasteiger partial charge in [0, 0.05) is 43.2 Å².